The van der Waals surface area contributed by atoms with Gasteiger partial charge in [-0.1, -0.05) is 23.3 Å². The number of benzene rings is 2. The van der Waals surface area contributed by atoms with Crippen LogP contribution in [0.25, 0.3) is 21.5 Å². The van der Waals surface area contributed by atoms with Crippen molar-refractivity contribution in [1.82, 2.24) is 0 Å². The van der Waals surface area contributed by atoms with E-state index >= 15 is 0 Å². The Morgan fingerprint density at radius 1 is 0.692 bits per heavy atom. The Kier molecular flexibility index (Phi) is 12.4. The molecule has 0 bridgehead atoms. The first-order valence-corrected chi connectivity index (χ1v) is 14.4. The van der Waals surface area contributed by atoms with E-state index in [0.717, 1.165) is 0 Å². The van der Waals surface area contributed by atoms with Crippen molar-refractivity contribution < 1.29 is 48.1 Å². The molecule has 0 aliphatic heterocycles. The van der Waals surface area contributed by atoms with Gasteiger partial charge in [0.1, 0.15) is 0 Å². The van der Waals surface area contributed by atoms with Crippen LogP contribution in [0, 0.1) is 13.8 Å². The average molecular weight is 479 g/mol. The Morgan fingerprint density at radius 3 is 1.35 bits per heavy atom. The monoisotopic (exact) mass is 476 g/mol. The van der Waals surface area contributed by atoms with Crippen LogP contribution < -0.4 is 24.8 Å². The summed E-state index contributed by atoms with van der Waals surface area (Å²) < 4.78 is 0. The minimum Gasteiger partial charge on any atom is -1.00 e. The predicted molar refractivity (Wildman–Crippen MR) is 106 cm³/mol. The molecule has 0 N–H and O–H groups in total. The van der Waals surface area contributed by atoms with Crippen molar-refractivity contribution in [3.05, 3.63) is 83.9 Å². The predicted octanol–water partition coefficient (Wildman–Crippen LogP) is 0.527. The zero-order valence-electron chi connectivity index (χ0n) is 15.7. The molecule has 0 fully saturated rings. The van der Waals surface area contributed by atoms with E-state index in [-0.39, 0.29) is 30.2 Å². The molecule has 0 heterocycles. The number of fused-ring (bicyclic) bond motifs is 2. The van der Waals surface area contributed by atoms with Crippen molar-refractivity contribution in [3.63, 3.8) is 0 Å². The number of rotatable bonds is 0. The number of halogens is 2. The maximum atomic E-state index is 2.31. The van der Waals surface area contributed by atoms with Crippen LogP contribution in [0.5, 0.6) is 0 Å². The molecule has 4 aromatic rings. The maximum Gasteiger partial charge on any atom is -0.0488 e. The SMILES string of the molecule is C[Si](C)=[Zr+2].Cc1cccc2[cH-]ccc12.Cc1cccc2[cH-]ccc12.[Cl-].[Cl-]. The second-order valence-electron chi connectivity index (χ2n) is 6.21. The summed E-state index contributed by atoms with van der Waals surface area (Å²) in [6.45, 7) is 8.90. The van der Waals surface area contributed by atoms with Gasteiger partial charge in [0, 0.05) is 0 Å². The molecule has 0 unspecified atom stereocenters. The third-order valence-electron chi connectivity index (χ3n) is 3.79. The molecule has 0 aliphatic carbocycles. The molecule has 4 heteroatoms. The Morgan fingerprint density at radius 2 is 1.04 bits per heavy atom. The van der Waals surface area contributed by atoms with Crippen LogP contribution in [0.1, 0.15) is 11.1 Å². The van der Waals surface area contributed by atoms with E-state index < -0.39 is 0 Å². The summed E-state index contributed by atoms with van der Waals surface area (Å²) in [5.74, 6) is 0. The summed E-state index contributed by atoms with van der Waals surface area (Å²) in [6, 6.07) is 25.5. The van der Waals surface area contributed by atoms with E-state index in [0.29, 0.717) is 0 Å². The normalized spacial score (nSPS) is 9.15. The number of aryl methyl sites for hydroxylation is 2. The molecule has 0 radical (unpaired) electrons. The van der Waals surface area contributed by atoms with E-state index in [2.05, 4.69) is 99.7 Å². The molecule has 0 spiro atoms. The van der Waals surface area contributed by atoms with Crippen molar-refractivity contribution >= 4 is 27.0 Å². The van der Waals surface area contributed by atoms with Gasteiger partial charge in [-0.3, -0.25) is 0 Å². The molecule has 4 aromatic carbocycles. The van der Waals surface area contributed by atoms with Gasteiger partial charge >= 0.3 is 41.9 Å². The molecule has 0 saturated carbocycles. The first-order chi connectivity index (χ1) is 11.5. The van der Waals surface area contributed by atoms with Crippen molar-refractivity contribution in [1.29, 1.82) is 0 Å². The van der Waals surface area contributed by atoms with Crippen molar-refractivity contribution in [3.8, 4) is 0 Å². The fourth-order valence-corrected chi connectivity index (χ4v) is 2.65. The van der Waals surface area contributed by atoms with Crippen LogP contribution >= 0.6 is 0 Å². The minimum atomic E-state index is 0. The van der Waals surface area contributed by atoms with Gasteiger partial charge in [0.2, 0.25) is 0 Å². The summed E-state index contributed by atoms with van der Waals surface area (Å²) >= 11 is 1.74. The Bertz CT molecular complexity index is 861. The first kappa shape index (κ1) is 25.3. The Labute approximate surface area is 184 Å². The van der Waals surface area contributed by atoms with Gasteiger partial charge in [0.25, 0.3) is 0 Å². The van der Waals surface area contributed by atoms with E-state index in [1.807, 2.05) is 0 Å². The van der Waals surface area contributed by atoms with Gasteiger partial charge in [-0.2, -0.15) is 24.3 Å². The maximum absolute atomic E-state index is 2.31. The molecule has 0 amide bonds. The second kappa shape index (κ2) is 12.7. The molecule has 0 atom stereocenters. The third-order valence-corrected chi connectivity index (χ3v) is 3.79. The van der Waals surface area contributed by atoms with Crippen LogP contribution in [0.4, 0.5) is 0 Å². The summed E-state index contributed by atoms with van der Waals surface area (Å²) in [7, 11) is 0. The van der Waals surface area contributed by atoms with Crippen LogP contribution in [0.3, 0.4) is 0 Å². The van der Waals surface area contributed by atoms with Gasteiger partial charge in [0.05, 0.1) is 0 Å². The fourth-order valence-electron chi connectivity index (χ4n) is 2.65. The smallest absolute Gasteiger partial charge is 0.0488 e. The largest absolute Gasteiger partial charge is 1.00 e. The van der Waals surface area contributed by atoms with Gasteiger partial charge in [-0.25, -0.2) is 0 Å². The molecular weight excluding hydrogens is 454 g/mol. The summed E-state index contributed by atoms with van der Waals surface area (Å²) in [4.78, 5) is 0. The number of hydrogen-bond donors (Lipinski definition) is 0. The average Bonchev–Trinajstić information content (AvgIpc) is 3.17. The van der Waals surface area contributed by atoms with Crippen molar-refractivity contribution in [2.45, 2.75) is 26.9 Å². The van der Waals surface area contributed by atoms with E-state index in [1.54, 1.807) is 23.3 Å². The number of hydrogen-bond acceptors (Lipinski definition) is 0. The van der Waals surface area contributed by atoms with Gasteiger partial charge in [-0.15, -0.1) is 57.9 Å². The molecule has 26 heavy (non-hydrogen) atoms. The van der Waals surface area contributed by atoms with Crippen LogP contribution in [-0.2, 0) is 23.3 Å². The third kappa shape index (κ3) is 7.53. The summed E-state index contributed by atoms with van der Waals surface area (Å²) in [5, 5.41) is 5.45. The van der Waals surface area contributed by atoms with Crippen LogP contribution in [0.2, 0.25) is 13.1 Å². The minimum absolute atomic E-state index is 0. The molecule has 0 aromatic heterocycles. The van der Waals surface area contributed by atoms with Gasteiger partial charge in [0.15, 0.2) is 0 Å². The van der Waals surface area contributed by atoms with E-state index in [4.69, 9.17) is 0 Å². The Hall–Kier alpha value is -0.660. The molecular formula is C22H24Cl2SiZr-2. The van der Waals surface area contributed by atoms with Crippen LogP contribution in [0.15, 0.2) is 72.8 Å². The summed E-state index contributed by atoms with van der Waals surface area (Å²) in [5.41, 5.74) is 2.94. The zero-order chi connectivity index (χ0) is 17.5. The second-order valence-corrected chi connectivity index (χ2v) is 15.6. The Balaban J connectivity index is 0.000000378. The topological polar surface area (TPSA) is 0 Å². The van der Waals surface area contributed by atoms with E-state index in [1.165, 1.54) is 32.7 Å². The van der Waals surface area contributed by atoms with Gasteiger partial charge < -0.3 is 24.8 Å². The van der Waals surface area contributed by atoms with Crippen LogP contribution in [-0.4, -0.2) is 5.43 Å². The molecule has 0 saturated heterocycles. The summed E-state index contributed by atoms with van der Waals surface area (Å²) in [6.07, 6.45) is 0. The molecule has 4 rings (SSSR count). The molecule has 0 aliphatic rings. The molecule has 136 valence electrons. The molecule has 0 nitrogen and oxygen atoms in total. The van der Waals surface area contributed by atoms with E-state index in [9.17, 15) is 0 Å². The first-order valence-electron chi connectivity index (χ1n) is 8.23. The van der Waals surface area contributed by atoms with Crippen molar-refractivity contribution in [2.75, 3.05) is 0 Å². The standard InChI is InChI=1S/2C10H9.C2H6Si.2ClH.Zr/c2*1-8-4-2-5-9-6-3-7-10(8)9;1-3-2;;;/h2*2-7H,1H3;1-2H3;2*1H;/q2*-1;;;;+2/p-2. The fraction of sp³-hybridized carbons (Fsp3) is 0.182. The van der Waals surface area contributed by atoms with Gasteiger partial charge in [-0.05, 0) is 13.8 Å². The van der Waals surface area contributed by atoms with Crippen molar-refractivity contribution in [2.24, 2.45) is 0 Å². The quantitative estimate of drug-likeness (QED) is 0.256. The zero-order valence-corrected chi connectivity index (χ0v) is 20.7.